The smallest absolute Gasteiger partial charge is 0.265 e. The molecular weight excluding hydrogens is 416 g/mol. The van der Waals surface area contributed by atoms with Crippen LogP contribution in [-0.4, -0.2) is 29.4 Å². The quantitative estimate of drug-likeness (QED) is 0.542. The predicted octanol–water partition coefficient (Wildman–Crippen LogP) is 4.83. The van der Waals surface area contributed by atoms with Gasteiger partial charge in [-0.1, -0.05) is 19.4 Å². The molecular formula is C26H30N4O3. The molecule has 2 heterocycles. The second-order valence-corrected chi connectivity index (χ2v) is 8.47. The van der Waals surface area contributed by atoms with Gasteiger partial charge in [-0.05, 0) is 73.5 Å². The SMILES string of the molecule is CCCC(Oc1ccc2ccnc(N)c2c1)C(=O)Nc1ccc(N2CCCCC2=O)c(C)c1. The Morgan fingerprint density at radius 2 is 2.06 bits per heavy atom. The molecule has 0 aliphatic carbocycles. The first-order chi connectivity index (χ1) is 16.0. The third-order valence-electron chi connectivity index (χ3n) is 5.97. The van der Waals surface area contributed by atoms with Gasteiger partial charge in [-0.3, -0.25) is 9.59 Å². The molecule has 1 aliphatic heterocycles. The minimum atomic E-state index is -0.644. The minimum absolute atomic E-state index is 0.156. The highest BCUT2D eigenvalue weighted by Gasteiger charge is 2.23. The van der Waals surface area contributed by atoms with Crippen LogP contribution in [-0.2, 0) is 9.59 Å². The van der Waals surface area contributed by atoms with Gasteiger partial charge in [0.05, 0.1) is 0 Å². The van der Waals surface area contributed by atoms with Crippen LogP contribution in [0.25, 0.3) is 10.8 Å². The Kier molecular flexibility index (Phi) is 6.77. The second kappa shape index (κ2) is 9.90. The highest BCUT2D eigenvalue weighted by molar-refractivity contribution is 5.97. The molecule has 0 spiro atoms. The van der Waals surface area contributed by atoms with E-state index in [1.165, 1.54) is 0 Å². The van der Waals surface area contributed by atoms with E-state index in [1.807, 2.05) is 61.2 Å². The first kappa shape index (κ1) is 22.6. The fourth-order valence-electron chi connectivity index (χ4n) is 4.23. The van der Waals surface area contributed by atoms with Gasteiger partial charge in [0.1, 0.15) is 11.6 Å². The van der Waals surface area contributed by atoms with E-state index in [9.17, 15) is 9.59 Å². The molecule has 1 aliphatic rings. The average molecular weight is 447 g/mol. The van der Waals surface area contributed by atoms with Gasteiger partial charge in [-0.25, -0.2) is 4.98 Å². The molecule has 0 saturated carbocycles. The van der Waals surface area contributed by atoms with Gasteiger partial charge < -0.3 is 20.7 Å². The molecule has 7 heteroatoms. The van der Waals surface area contributed by atoms with E-state index in [4.69, 9.17) is 10.5 Å². The van der Waals surface area contributed by atoms with Gasteiger partial charge in [0.25, 0.3) is 5.91 Å². The third-order valence-corrected chi connectivity index (χ3v) is 5.97. The molecule has 1 unspecified atom stereocenters. The lowest BCUT2D eigenvalue weighted by Gasteiger charge is -2.28. The Labute approximate surface area is 193 Å². The highest BCUT2D eigenvalue weighted by atomic mass is 16.5. The van der Waals surface area contributed by atoms with Crippen LogP contribution in [0.5, 0.6) is 5.75 Å². The maximum Gasteiger partial charge on any atom is 0.265 e. The van der Waals surface area contributed by atoms with Crippen molar-refractivity contribution in [1.82, 2.24) is 4.98 Å². The van der Waals surface area contributed by atoms with Crippen molar-refractivity contribution in [1.29, 1.82) is 0 Å². The van der Waals surface area contributed by atoms with E-state index in [0.29, 0.717) is 30.1 Å². The molecule has 0 radical (unpaired) electrons. The molecule has 1 fully saturated rings. The molecule has 2 aromatic carbocycles. The van der Waals surface area contributed by atoms with Crippen molar-refractivity contribution in [2.24, 2.45) is 0 Å². The second-order valence-electron chi connectivity index (χ2n) is 8.47. The van der Waals surface area contributed by atoms with E-state index in [-0.39, 0.29) is 11.8 Å². The van der Waals surface area contributed by atoms with Crippen LogP contribution in [0.1, 0.15) is 44.6 Å². The van der Waals surface area contributed by atoms with Crippen molar-refractivity contribution < 1.29 is 14.3 Å². The Morgan fingerprint density at radius 1 is 1.21 bits per heavy atom. The number of nitrogen functional groups attached to an aromatic ring is 1. The molecule has 2 amide bonds. The van der Waals surface area contributed by atoms with E-state index in [2.05, 4.69) is 10.3 Å². The number of aryl methyl sites for hydroxylation is 1. The van der Waals surface area contributed by atoms with Crippen LogP contribution in [0.3, 0.4) is 0 Å². The zero-order chi connectivity index (χ0) is 23.4. The summed E-state index contributed by atoms with van der Waals surface area (Å²) in [6.07, 6.45) is 4.94. The lowest BCUT2D eigenvalue weighted by Crippen LogP contribution is -2.35. The zero-order valence-electron chi connectivity index (χ0n) is 19.1. The summed E-state index contributed by atoms with van der Waals surface area (Å²) in [5.74, 6) is 0.948. The molecule has 4 rings (SSSR count). The number of rotatable bonds is 7. The fraction of sp³-hybridized carbons (Fsp3) is 0.346. The number of aromatic nitrogens is 1. The largest absolute Gasteiger partial charge is 0.481 e. The normalized spacial score (nSPS) is 14.8. The highest BCUT2D eigenvalue weighted by Crippen LogP contribution is 2.28. The van der Waals surface area contributed by atoms with Gasteiger partial charge >= 0.3 is 0 Å². The summed E-state index contributed by atoms with van der Waals surface area (Å²) in [7, 11) is 0. The van der Waals surface area contributed by atoms with Crippen molar-refractivity contribution in [2.75, 3.05) is 22.5 Å². The number of anilines is 3. The summed E-state index contributed by atoms with van der Waals surface area (Å²) in [6, 6.07) is 13.1. The van der Waals surface area contributed by atoms with Crippen LogP contribution >= 0.6 is 0 Å². The number of nitrogens with one attached hydrogen (secondary N) is 1. The standard InChI is InChI=1S/C26H30N4O3/c1-3-6-23(33-20-10-8-18-12-13-28-25(27)21(18)16-20)26(32)29-19-9-11-22(17(2)15-19)30-14-5-4-7-24(30)31/h8-13,15-16,23H,3-7,14H2,1-2H3,(H2,27,28)(H,29,32). The Balaban J connectivity index is 1.49. The van der Waals surface area contributed by atoms with E-state index in [1.54, 1.807) is 6.20 Å². The van der Waals surface area contributed by atoms with Crippen molar-refractivity contribution in [3.8, 4) is 5.75 Å². The maximum absolute atomic E-state index is 13.0. The number of carbonyl (C=O) groups excluding carboxylic acids is 2. The number of carbonyl (C=O) groups is 2. The van der Waals surface area contributed by atoms with Crippen molar-refractivity contribution in [3.05, 3.63) is 54.2 Å². The van der Waals surface area contributed by atoms with Crippen molar-refractivity contribution >= 4 is 39.8 Å². The number of benzene rings is 2. The van der Waals surface area contributed by atoms with Gasteiger partial charge in [-0.2, -0.15) is 0 Å². The van der Waals surface area contributed by atoms with E-state index >= 15 is 0 Å². The van der Waals surface area contributed by atoms with Gasteiger partial charge in [-0.15, -0.1) is 0 Å². The number of amides is 2. The molecule has 3 aromatic rings. The number of ether oxygens (including phenoxy) is 1. The monoisotopic (exact) mass is 446 g/mol. The molecule has 172 valence electrons. The maximum atomic E-state index is 13.0. The molecule has 7 nitrogen and oxygen atoms in total. The molecule has 1 saturated heterocycles. The first-order valence-electron chi connectivity index (χ1n) is 11.5. The fourth-order valence-corrected chi connectivity index (χ4v) is 4.23. The van der Waals surface area contributed by atoms with Crippen LogP contribution in [0.4, 0.5) is 17.2 Å². The number of nitrogens with zero attached hydrogens (tertiary/aromatic N) is 2. The molecule has 0 bridgehead atoms. The van der Waals surface area contributed by atoms with Gasteiger partial charge in [0, 0.05) is 35.9 Å². The number of hydrogen-bond acceptors (Lipinski definition) is 5. The zero-order valence-corrected chi connectivity index (χ0v) is 19.1. The minimum Gasteiger partial charge on any atom is -0.481 e. The topological polar surface area (TPSA) is 97.6 Å². The van der Waals surface area contributed by atoms with Crippen molar-refractivity contribution in [3.63, 3.8) is 0 Å². The summed E-state index contributed by atoms with van der Waals surface area (Å²) < 4.78 is 6.07. The lowest BCUT2D eigenvalue weighted by molar-refractivity contribution is -0.123. The van der Waals surface area contributed by atoms with E-state index in [0.717, 1.165) is 47.8 Å². The van der Waals surface area contributed by atoms with Gasteiger partial charge in [0.15, 0.2) is 6.10 Å². The first-order valence-corrected chi connectivity index (χ1v) is 11.5. The Hall–Kier alpha value is -3.61. The summed E-state index contributed by atoms with van der Waals surface area (Å²) in [6.45, 7) is 4.71. The number of nitrogens with two attached hydrogens (primary N) is 1. The summed E-state index contributed by atoms with van der Waals surface area (Å²) in [5, 5.41) is 4.74. The van der Waals surface area contributed by atoms with Crippen LogP contribution < -0.4 is 20.7 Å². The average Bonchev–Trinajstić information content (AvgIpc) is 2.80. The molecule has 1 aromatic heterocycles. The number of pyridine rings is 1. The summed E-state index contributed by atoms with van der Waals surface area (Å²) >= 11 is 0. The van der Waals surface area contributed by atoms with Crippen LogP contribution in [0.15, 0.2) is 48.7 Å². The van der Waals surface area contributed by atoms with Crippen LogP contribution in [0, 0.1) is 6.92 Å². The van der Waals surface area contributed by atoms with Crippen molar-refractivity contribution in [2.45, 2.75) is 52.1 Å². The summed E-state index contributed by atoms with van der Waals surface area (Å²) in [5.41, 5.74) is 8.53. The Bertz CT molecular complexity index is 1180. The van der Waals surface area contributed by atoms with E-state index < -0.39 is 6.10 Å². The Morgan fingerprint density at radius 3 is 2.82 bits per heavy atom. The number of fused-ring (bicyclic) bond motifs is 1. The number of piperidine rings is 1. The predicted molar refractivity (Wildman–Crippen MR) is 131 cm³/mol. The molecule has 33 heavy (non-hydrogen) atoms. The molecule has 3 N–H and O–H groups in total. The van der Waals surface area contributed by atoms with Crippen LogP contribution in [0.2, 0.25) is 0 Å². The third kappa shape index (κ3) is 5.08. The summed E-state index contributed by atoms with van der Waals surface area (Å²) in [4.78, 5) is 31.3. The lowest BCUT2D eigenvalue weighted by atomic mass is 10.1. The van der Waals surface area contributed by atoms with Gasteiger partial charge in [0.2, 0.25) is 5.91 Å². The number of hydrogen-bond donors (Lipinski definition) is 2. The molecule has 1 atom stereocenters.